The van der Waals surface area contributed by atoms with Crippen LogP contribution in [0.25, 0.3) is 0 Å². The van der Waals surface area contributed by atoms with Crippen LogP contribution in [0, 0.1) is 5.92 Å². The van der Waals surface area contributed by atoms with Gasteiger partial charge in [-0.3, -0.25) is 4.79 Å². The summed E-state index contributed by atoms with van der Waals surface area (Å²) in [5.74, 6) is 0.675. The Morgan fingerprint density at radius 3 is 1.95 bits per heavy atom. The van der Waals surface area contributed by atoms with Gasteiger partial charge in [0.05, 0.1) is 5.92 Å². The quantitative estimate of drug-likeness (QED) is 0.900. The molecular weight excluding hydrogens is 270 g/mol. The van der Waals surface area contributed by atoms with Crippen LogP contribution in [0.4, 0.5) is 0 Å². The number of nitrogens with two attached hydrogens (primary N) is 1. The molecule has 0 saturated heterocycles. The van der Waals surface area contributed by atoms with Gasteiger partial charge in [0.1, 0.15) is 0 Å². The molecule has 1 amide bonds. The standard InChI is InChI=1S/C20H23NO/c21-20(22)19(17-9-5-2-6-10-17)18-13-11-16(12-14-18)15-7-3-1-4-8-15/h1-10,16,18-19H,11-14H2,(H2,21,22). The largest absolute Gasteiger partial charge is 0.369 e. The SMILES string of the molecule is NC(=O)C(c1ccccc1)C1CCC(c2ccccc2)CC1. The van der Waals surface area contributed by atoms with Gasteiger partial charge in [-0.15, -0.1) is 0 Å². The highest BCUT2D eigenvalue weighted by molar-refractivity contribution is 5.82. The summed E-state index contributed by atoms with van der Waals surface area (Å²) in [4.78, 5) is 12.0. The van der Waals surface area contributed by atoms with Gasteiger partial charge in [0.25, 0.3) is 0 Å². The first-order valence-electron chi connectivity index (χ1n) is 8.15. The number of primary amides is 1. The van der Waals surface area contributed by atoms with Gasteiger partial charge in [-0.05, 0) is 48.6 Å². The molecule has 3 rings (SSSR count). The summed E-state index contributed by atoms with van der Waals surface area (Å²) < 4.78 is 0. The molecule has 1 fully saturated rings. The van der Waals surface area contributed by atoms with Crippen molar-refractivity contribution in [3.8, 4) is 0 Å². The molecule has 2 aromatic carbocycles. The molecule has 1 aliphatic carbocycles. The van der Waals surface area contributed by atoms with Crippen molar-refractivity contribution in [2.45, 2.75) is 37.5 Å². The molecule has 2 N–H and O–H groups in total. The van der Waals surface area contributed by atoms with Crippen LogP contribution in [0.1, 0.15) is 48.6 Å². The van der Waals surface area contributed by atoms with Crippen LogP contribution in [-0.2, 0) is 4.79 Å². The second-order valence-electron chi connectivity index (χ2n) is 6.31. The number of amides is 1. The molecule has 114 valence electrons. The number of benzene rings is 2. The lowest BCUT2D eigenvalue weighted by Crippen LogP contribution is -2.30. The monoisotopic (exact) mass is 293 g/mol. The van der Waals surface area contributed by atoms with Crippen LogP contribution < -0.4 is 5.73 Å². The average molecular weight is 293 g/mol. The third-order valence-electron chi connectivity index (χ3n) is 4.98. The summed E-state index contributed by atoms with van der Waals surface area (Å²) in [6.07, 6.45) is 4.43. The summed E-state index contributed by atoms with van der Waals surface area (Å²) in [7, 11) is 0. The predicted octanol–water partition coefficient (Wildman–Crippen LogP) is 4.23. The van der Waals surface area contributed by atoms with Crippen LogP contribution in [0.3, 0.4) is 0 Å². The molecule has 1 atom stereocenters. The molecule has 0 spiro atoms. The molecule has 0 heterocycles. The molecular formula is C20H23NO. The molecule has 0 radical (unpaired) electrons. The number of carbonyl (C=O) groups excluding carboxylic acids is 1. The topological polar surface area (TPSA) is 43.1 Å². The highest BCUT2D eigenvalue weighted by Gasteiger charge is 2.32. The maximum Gasteiger partial charge on any atom is 0.225 e. The van der Waals surface area contributed by atoms with Crippen LogP contribution in [0.2, 0.25) is 0 Å². The van der Waals surface area contributed by atoms with Crippen LogP contribution in [0.15, 0.2) is 60.7 Å². The number of hydrogen-bond donors (Lipinski definition) is 1. The maximum atomic E-state index is 12.0. The summed E-state index contributed by atoms with van der Waals surface area (Å²) >= 11 is 0. The fraction of sp³-hybridized carbons (Fsp3) is 0.350. The Morgan fingerprint density at radius 1 is 0.864 bits per heavy atom. The van der Waals surface area contributed by atoms with Gasteiger partial charge in [-0.25, -0.2) is 0 Å². The van der Waals surface area contributed by atoms with Crippen molar-refractivity contribution >= 4 is 5.91 Å². The van der Waals surface area contributed by atoms with E-state index in [1.54, 1.807) is 0 Å². The van der Waals surface area contributed by atoms with Gasteiger partial charge in [0.2, 0.25) is 5.91 Å². The van der Waals surface area contributed by atoms with E-state index in [1.165, 1.54) is 5.56 Å². The zero-order valence-corrected chi connectivity index (χ0v) is 12.8. The Kier molecular flexibility index (Phi) is 4.57. The van der Waals surface area contributed by atoms with Crippen molar-refractivity contribution in [1.82, 2.24) is 0 Å². The third kappa shape index (κ3) is 3.22. The van der Waals surface area contributed by atoms with E-state index in [1.807, 2.05) is 30.3 Å². The summed E-state index contributed by atoms with van der Waals surface area (Å²) in [6.45, 7) is 0. The second-order valence-corrected chi connectivity index (χ2v) is 6.31. The van der Waals surface area contributed by atoms with E-state index < -0.39 is 0 Å². The lowest BCUT2D eigenvalue weighted by molar-refractivity contribution is -0.120. The van der Waals surface area contributed by atoms with Crippen LogP contribution in [-0.4, -0.2) is 5.91 Å². The molecule has 1 unspecified atom stereocenters. The predicted molar refractivity (Wildman–Crippen MR) is 89.5 cm³/mol. The Morgan fingerprint density at radius 2 is 1.41 bits per heavy atom. The summed E-state index contributed by atoms with van der Waals surface area (Å²) in [5.41, 5.74) is 8.20. The lowest BCUT2D eigenvalue weighted by atomic mass is 9.72. The molecule has 0 aromatic heterocycles. The Bertz CT molecular complexity index is 600. The van der Waals surface area contributed by atoms with Crippen LogP contribution in [0.5, 0.6) is 0 Å². The number of rotatable bonds is 4. The van der Waals surface area contributed by atoms with E-state index in [9.17, 15) is 4.79 Å². The highest BCUT2D eigenvalue weighted by Crippen LogP contribution is 2.41. The highest BCUT2D eigenvalue weighted by atomic mass is 16.1. The summed E-state index contributed by atoms with van der Waals surface area (Å²) in [6, 6.07) is 20.7. The van der Waals surface area contributed by atoms with Crippen molar-refractivity contribution in [1.29, 1.82) is 0 Å². The van der Waals surface area contributed by atoms with Crippen molar-refractivity contribution in [3.05, 3.63) is 71.8 Å². The molecule has 2 aromatic rings. The van der Waals surface area contributed by atoms with Gasteiger partial charge in [-0.2, -0.15) is 0 Å². The van der Waals surface area contributed by atoms with Crippen molar-refractivity contribution in [2.75, 3.05) is 0 Å². The fourth-order valence-electron chi connectivity index (χ4n) is 3.84. The summed E-state index contributed by atoms with van der Waals surface area (Å²) in [5, 5.41) is 0. The fourth-order valence-corrected chi connectivity index (χ4v) is 3.84. The van der Waals surface area contributed by atoms with Gasteiger partial charge in [0.15, 0.2) is 0 Å². The lowest BCUT2D eigenvalue weighted by Gasteiger charge is -2.33. The molecule has 0 bridgehead atoms. The minimum absolute atomic E-state index is 0.141. The number of hydrogen-bond acceptors (Lipinski definition) is 1. The van der Waals surface area contributed by atoms with E-state index in [0.29, 0.717) is 11.8 Å². The van der Waals surface area contributed by atoms with E-state index in [0.717, 1.165) is 31.2 Å². The van der Waals surface area contributed by atoms with E-state index in [2.05, 4.69) is 30.3 Å². The van der Waals surface area contributed by atoms with Crippen molar-refractivity contribution < 1.29 is 4.79 Å². The van der Waals surface area contributed by atoms with Crippen molar-refractivity contribution in [3.63, 3.8) is 0 Å². The van der Waals surface area contributed by atoms with Crippen LogP contribution >= 0.6 is 0 Å². The molecule has 2 heteroatoms. The van der Waals surface area contributed by atoms with Gasteiger partial charge in [0, 0.05) is 0 Å². The van der Waals surface area contributed by atoms with Gasteiger partial charge < -0.3 is 5.73 Å². The van der Waals surface area contributed by atoms with Gasteiger partial charge >= 0.3 is 0 Å². The van der Waals surface area contributed by atoms with Crippen molar-refractivity contribution in [2.24, 2.45) is 11.7 Å². The van der Waals surface area contributed by atoms with E-state index in [4.69, 9.17) is 5.73 Å². The Balaban J connectivity index is 1.70. The smallest absolute Gasteiger partial charge is 0.225 e. The minimum atomic E-state index is -0.186. The molecule has 22 heavy (non-hydrogen) atoms. The van der Waals surface area contributed by atoms with E-state index in [-0.39, 0.29) is 11.8 Å². The molecule has 1 saturated carbocycles. The Labute approximate surface area is 132 Å². The Hall–Kier alpha value is -2.09. The first-order valence-corrected chi connectivity index (χ1v) is 8.15. The first kappa shape index (κ1) is 14.8. The minimum Gasteiger partial charge on any atom is -0.369 e. The maximum absolute atomic E-state index is 12.0. The second kappa shape index (κ2) is 6.78. The first-order chi connectivity index (χ1) is 10.8. The zero-order chi connectivity index (χ0) is 15.4. The molecule has 2 nitrogen and oxygen atoms in total. The average Bonchev–Trinajstić information content (AvgIpc) is 2.57. The van der Waals surface area contributed by atoms with Gasteiger partial charge in [-0.1, -0.05) is 60.7 Å². The van der Waals surface area contributed by atoms with E-state index >= 15 is 0 Å². The zero-order valence-electron chi connectivity index (χ0n) is 12.8. The molecule has 0 aliphatic heterocycles. The normalized spacial score (nSPS) is 22.9. The molecule has 1 aliphatic rings. The number of carbonyl (C=O) groups is 1. The third-order valence-corrected chi connectivity index (χ3v) is 4.98.